The van der Waals surface area contributed by atoms with E-state index in [4.69, 9.17) is 4.42 Å². The summed E-state index contributed by atoms with van der Waals surface area (Å²) in [6.45, 7) is 10.2. The maximum atomic E-state index is 12.0. The molecule has 1 fully saturated rings. The van der Waals surface area contributed by atoms with Gasteiger partial charge in [-0.1, -0.05) is 43.3 Å². The summed E-state index contributed by atoms with van der Waals surface area (Å²) in [6.07, 6.45) is 0.937. The third-order valence-electron chi connectivity index (χ3n) is 5.82. The average molecular weight is 377 g/mol. The predicted molar refractivity (Wildman–Crippen MR) is 114 cm³/mol. The van der Waals surface area contributed by atoms with Crippen LogP contribution in [0.25, 0.3) is 11.0 Å². The van der Waals surface area contributed by atoms with Gasteiger partial charge >= 0.3 is 5.63 Å². The molecule has 0 amide bonds. The van der Waals surface area contributed by atoms with Crippen molar-refractivity contribution in [3.8, 4) is 0 Å². The van der Waals surface area contributed by atoms with Gasteiger partial charge < -0.3 is 4.42 Å². The molecule has 0 spiro atoms. The minimum Gasteiger partial charge on any atom is -0.423 e. The molecule has 28 heavy (non-hydrogen) atoms. The van der Waals surface area contributed by atoms with E-state index in [-0.39, 0.29) is 5.63 Å². The Morgan fingerprint density at radius 2 is 1.57 bits per heavy atom. The monoisotopic (exact) mass is 376 g/mol. The van der Waals surface area contributed by atoms with E-state index in [1.165, 1.54) is 16.7 Å². The van der Waals surface area contributed by atoms with Crippen LogP contribution in [0.5, 0.6) is 0 Å². The fraction of sp³-hybridized carbons (Fsp3) is 0.375. The van der Waals surface area contributed by atoms with Crippen LogP contribution in [-0.4, -0.2) is 36.0 Å². The molecule has 0 aliphatic carbocycles. The largest absolute Gasteiger partial charge is 0.423 e. The molecule has 4 heteroatoms. The summed E-state index contributed by atoms with van der Waals surface area (Å²) in [4.78, 5) is 17.0. The number of hydrogen-bond donors (Lipinski definition) is 0. The first-order valence-electron chi connectivity index (χ1n) is 10.2. The lowest BCUT2D eigenvalue weighted by atomic mass is 10.1. The second-order valence-corrected chi connectivity index (χ2v) is 7.75. The van der Waals surface area contributed by atoms with Gasteiger partial charge in [0.1, 0.15) is 5.58 Å². The molecule has 1 aliphatic heterocycles. The van der Waals surface area contributed by atoms with Crippen molar-refractivity contribution in [3.63, 3.8) is 0 Å². The number of piperazine rings is 1. The van der Waals surface area contributed by atoms with Crippen molar-refractivity contribution in [1.29, 1.82) is 0 Å². The molecule has 3 aromatic rings. The van der Waals surface area contributed by atoms with Crippen molar-refractivity contribution in [2.75, 3.05) is 26.2 Å². The quantitative estimate of drug-likeness (QED) is 0.631. The normalized spacial score (nSPS) is 15.9. The Morgan fingerprint density at radius 3 is 2.25 bits per heavy atom. The second kappa shape index (κ2) is 8.29. The summed E-state index contributed by atoms with van der Waals surface area (Å²) in [5.41, 5.74) is 5.49. The molecule has 1 aromatic heterocycles. The molecule has 0 radical (unpaired) electrons. The van der Waals surface area contributed by atoms with Crippen LogP contribution < -0.4 is 5.63 Å². The Morgan fingerprint density at radius 1 is 0.893 bits per heavy atom. The molecule has 0 bridgehead atoms. The molecule has 0 saturated carbocycles. The number of benzene rings is 2. The van der Waals surface area contributed by atoms with Crippen LogP contribution in [0.3, 0.4) is 0 Å². The van der Waals surface area contributed by atoms with Crippen molar-refractivity contribution in [2.45, 2.75) is 33.4 Å². The molecule has 2 aromatic carbocycles. The smallest absolute Gasteiger partial charge is 0.336 e. The number of nitrogens with zero attached hydrogens (tertiary/aromatic N) is 2. The van der Waals surface area contributed by atoms with Crippen LogP contribution in [0.15, 0.2) is 57.7 Å². The Kier molecular flexibility index (Phi) is 5.60. The highest BCUT2D eigenvalue weighted by Gasteiger charge is 2.19. The van der Waals surface area contributed by atoms with E-state index in [1.54, 1.807) is 6.07 Å². The molecule has 0 atom stereocenters. The molecule has 1 saturated heterocycles. The first kappa shape index (κ1) is 18.9. The fourth-order valence-electron chi connectivity index (χ4n) is 4.00. The van der Waals surface area contributed by atoms with E-state index in [0.29, 0.717) is 5.58 Å². The van der Waals surface area contributed by atoms with Crippen LogP contribution in [0.4, 0.5) is 0 Å². The Labute approximate surface area is 166 Å². The number of hydrogen-bond acceptors (Lipinski definition) is 4. The SMILES string of the molecule is CCc1ccc2c(CN3CCN(Cc4ccccc4C)CC3)cc(=O)oc2c1. The molecule has 2 heterocycles. The zero-order valence-electron chi connectivity index (χ0n) is 16.8. The highest BCUT2D eigenvalue weighted by atomic mass is 16.4. The van der Waals surface area contributed by atoms with Gasteiger partial charge in [-0.25, -0.2) is 4.79 Å². The zero-order chi connectivity index (χ0) is 19.5. The van der Waals surface area contributed by atoms with Crippen LogP contribution in [-0.2, 0) is 19.5 Å². The van der Waals surface area contributed by atoms with Gasteiger partial charge in [-0.2, -0.15) is 0 Å². The van der Waals surface area contributed by atoms with Gasteiger partial charge in [-0.15, -0.1) is 0 Å². The lowest BCUT2D eigenvalue weighted by Gasteiger charge is -2.35. The van der Waals surface area contributed by atoms with Gasteiger partial charge in [0, 0.05) is 50.7 Å². The van der Waals surface area contributed by atoms with Gasteiger partial charge in [-0.05, 0) is 41.7 Å². The molecule has 146 valence electrons. The molecule has 0 unspecified atom stereocenters. The minimum atomic E-state index is -0.256. The van der Waals surface area contributed by atoms with E-state index in [2.05, 4.69) is 60.0 Å². The predicted octanol–water partition coefficient (Wildman–Crippen LogP) is 3.98. The van der Waals surface area contributed by atoms with Crippen molar-refractivity contribution in [2.24, 2.45) is 0 Å². The molecule has 0 N–H and O–H groups in total. The summed E-state index contributed by atoms with van der Waals surface area (Å²) in [5, 5.41) is 1.05. The van der Waals surface area contributed by atoms with E-state index in [0.717, 1.165) is 56.6 Å². The van der Waals surface area contributed by atoms with Crippen molar-refractivity contribution >= 4 is 11.0 Å². The zero-order valence-corrected chi connectivity index (χ0v) is 16.8. The maximum Gasteiger partial charge on any atom is 0.336 e. The fourth-order valence-corrected chi connectivity index (χ4v) is 4.00. The van der Waals surface area contributed by atoms with Gasteiger partial charge in [-0.3, -0.25) is 9.80 Å². The summed E-state index contributed by atoms with van der Waals surface area (Å²) < 4.78 is 5.45. The van der Waals surface area contributed by atoms with Crippen LogP contribution in [0.2, 0.25) is 0 Å². The van der Waals surface area contributed by atoms with Crippen molar-refractivity contribution in [1.82, 2.24) is 9.80 Å². The first-order valence-corrected chi connectivity index (χ1v) is 10.2. The molecular formula is C24H28N2O2. The van der Waals surface area contributed by atoms with Gasteiger partial charge in [0.15, 0.2) is 0 Å². The standard InChI is InChI=1S/C24H28N2O2/c1-3-19-8-9-22-21(15-24(27)28-23(22)14-19)17-26-12-10-25(11-13-26)16-20-7-5-4-6-18(20)2/h4-9,14-15H,3,10-13,16-17H2,1-2H3. The summed E-state index contributed by atoms with van der Waals surface area (Å²) in [7, 11) is 0. The van der Waals surface area contributed by atoms with Gasteiger partial charge in [0.05, 0.1) is 0 Å². The summed E-state index contributed by atoms with van der Waals surface area (Å²) in [5.74, 6) is 0. The summed E-state index contributed by atoms with van der Waals surface area (Å²) in [6, 6.07) is 16.5. The topological polar surface area (TPSA) is 36.7 Å². The Bertz CT molecular complexity index is 1020. The number of rotatable bonds is 5. The van der Waals surface area contributed by atoms with Gasteiger partial charge in [0.2, 0.25) is 0 Å². The van der Waals surface area contributed by atoms with E-state index < -0.39 is 0 Å². The second-order valence-electron chi connectivity index (χ2n) is 7.75. The lowest BCUT2D eigenvalue weighted by Crippen LogP contribution is -2.45. The van der Waals surface area contributed by atoms with Crippen molar-refractivity contribution < 1.29 is 4.42 Å². The molecule has 1 aliphatic rings. The third-order valence-corrected chi connectivity index (χ3v) is 5.82. The van der Waals surface area contributed by atoms with E-state index >= 15 is 0 Å². The molecule has 4 nitrogen and oxygen atoms in total. The van der Waals surface area contributed by atoms with Crippen LogP contribution in [0.1, 0.15) is 29.2 Å². The summed E-state index contributed by atoms with van der Waals surface area (Å²) >= 11 is 0. The minimum absolute atomic E-state index is 0.256. The Balaban J connectivity index is 1.44. The van der Waals surface area contributed by atoms with E-state index in [9.17, 15) is 4.79 Å². The van der Waals surface area contributed by atoms with Crippen molar-refractivity contribution in [3.05, 3.63) is 81.2 Å². The number of fused-ring (bicyclic) bond motifs is 1. The maximum absolute atomic E-state index is 12.0. The molecular weight excluding hydrogens is 348 g/mol. The highest BCUT2D eigenvalue weighted by molar-refractivity contribution is 5.80. The lowest BCUT2D eigenvalue weighted by molar-refractivity contribution is 0.122. The first-order chi connectivity index (χ1) is 13.6. The van der Waals surface area contributed by atoms with Crippen LogP contribution >= 0.6 is 0 Å². The average Bonchev–Trinajstić information content (AvgIpc) is 2.70. The van der Waals surface area contributed by atoms with Gasteiger partial charge in [0.25, 0.3) is 0 Å². The van der Waals surface area contributed by atoms with E-state index in [1.807, 2.05) is 6.07 Å². The highest BCUT2D eigenvalue weighted by Crippen LogP contribution is 2.21. The number of aryl methyl sites for hydroxylation is 2. The third kappa shape index (κ3) is 4.18. The Hall–Kier alpha value is -2.43. The van der Waals surface area contributed by atoms with Crippen LogP contribution in [0, 0.1) is 6.92 Å². The molecule has 4 rings (SSSR count).